The largest absolute Gasteiger partial charge is 0.339 e. The van der Waals surface area contributed by atoms with Gasteiger partial charge >= 0.3 is 0 Å². The fourth-order valence-corrected chi connectivity index (χ4v) is 3.09. The van der Waals surface area contributed by atoms with Gasteiger partial charge in [0, 0.05) is 24.5 Å². The second-order valence-corrected chi connectivity index (χ2v) is 8.45. The van der Waals surface area contributed by atoms with Crippen LogP contribution in [0.3, 0.4) is 0 Å². The van der Waals surface area contributed by atoms with Gasteiger partial charge in [0.25, 0.3) is 0 Å². The monoisotopic (exact) mass is 282 g/mol. The van der Waals surface area contributed by atoms with Crippen LogP contribution in [0.1, 0.15) is 73.6 Å². The summed E-state index contributed by atoms with van der Waals surface area (Å²) in [6.45, 7) is 14.0. The Labute approximate surface area is 125 Å². The quantitative estimate of drug-likeness (QED) is 0.860. The Morgan fingerprint density at radius 2 is 1.85 bits per heavy atom. The molecule has 0 saturated carbocycles. The van der Waals surface area contributed by atoms with Crippen molar-refractivity contribution in [2.24, 2.45) is 17.1 Å². The molecule has 3 nitrogen and oxygen atoms in total. The van der Waals surface area contributed by atoms with Gasteiger partial charge in [0.15, 0.2) is 0 Å². The van der Waals surface area contributed by atoms with Gasteiger partial charge in [-0.3, -0.25) is 4.79 Å². The minimum Gasteiger partial charge on any atom is -0.339 e. The molecule has 0 aromatic rings. The molecular formula is C17H34N2O. The molecule has 20 heavy (non-hydrogen) atoms. The molecule has 0 aromatic heterocycles. The molecule has 118 valence electrons. The molecule has 1 amide bonds. The Bertz CT molecular complexity index is 325. The van der Waals surface area contributed by atoms with Gasteiger partial charge < -0.3 is 10.6 Å². The Morgan fingerprint density at radius 3 is 2.35 bits per heavy atom. The third kappa shape index (κ3) is 5.43. The van der Waals surface area contributed by atoms with Crippen LogP contribution < -0.4 is 5.73 Å². The summed E-state index contributed by atoms with van der Waals surface area (Å²) in [6, 6.07) is 0.222. The highest BCUT2D eigenvalue weighted by Gasteiger charge is 2.36. The lowest BCUT2D eigenvalue weighted by molar-refractivity contribution is -0.137. The molecule has 0 radical (unpaired) electrons. The first-order chi connectivity index (χ1) is 9.00. The first-order valence-corrected chi connectivity index (χ1v) is 8.09. The molecule has 3 heteroatoms. The van der Waals surface area contributed by atoms with Crippen molar-refractivity contribution in [3.05, 3.63) is 0 Å². The van der Waals surface area contributed by atoms with Gasteiger partial charge in [-0.05, 0) is 44.4 Å². The lowest BCUT2D eigenvalue weighted by Gasteiger charge is -2.44. The average molecular weight is 282 g/mol. The normalized spacial score (nSPS) is 24.2. The minimum atomic E-state index is -0.244. The van der Waals surface area contributed by atoms with Gasteiger partial charge in [-0.1, -0.05) is 34.1 Å². The van der Waals surface area contributed by atoms with Crippen LogP contribution in [-0.4, -0.2) is 28.9 Å². The third-order valence-corrected chi connectivity index (χ3v) is 4.37. The molecule has 1 saturated heterocycles. The van der Waals surface area contributed by atoms with Crippen LogP contribution in [0.5, 0.6) is 0 Å². The fourth-order valence-electron chi connectivity index (χ4n) is 3.09. The summed E-state index contributed by atoms with van der Waals surface area (Å²) >= 11 is 0. The molecule has 1 rings (SSSR count). The molecule has 0 aromatic carbocycles. The van der Waals surface area contributed by atoms with E-state index < -0.39 is 0 Å². The number of carbonyl (C=O) groups excluding carboxylic acids is 1. The molecule has 1 fully saturated rings. The predicted octanol–water partition coefficient (Wildman–Crippen LogP) is 3.57. The summed E-state index contributed by atoms with van der Waals surface area (Å²) in [5.41, 5.74) is 6.06. The fraction of sp³-hybridized carbons (Fsp3) is 0.941. The molecule has 2 unspecified atom stereocenters. The van der Waals surface area contributed by atoms with Crippen molar-refractivity contribution in [3.8, 4) is 0 Å². The summed E-state index contributed by atoms with van der Waals surface area (Å²) in [7, 11) is 0. The molecular weight excluding hydrogens is 248 g/mol. The van der Waals surface area contributed by atoms with E-state index >= 15 is 0 Å². The van der Waals surface area contributed by atoms with Crippen LogP contribution in [0, 0.1) is 11.3 Å². The van der Waals surface area contributed by atoms with E-state index in [1.54, 1.807) is 0 Å². The molecule has 2 atom stereocenters. The van der Waals surface area contributed by atoms with E-state index in [1.165, 1.54) is 6.42 Å². The number of hydrogen-bond donors (Lipinski definition) is 1. The van der Waals surface area contributed by atoms with Gasteiger partial charge in [0.2, 0.25) is 5.91 Å². The zero-order valence-corrected chi connectivity index (χ0v) is 14.3. The zero-order valence-electron chi connectivity index (χ0n) is 14.3. The predicted molar refractivity (Wildman–Crippen MR) is 85.5 cm³/mol. The van der Waals surface area contributed by atoms with Gasteiger partial charge in [-0.15, -0.1) is 0 Å². The van der Waals surface area contributed by atoms with Gasteiger partial charge in [-0.25, -0.2) is 0 Å². The molecule has 0 bridgehead atoms. The van der Waals surface area contributed by atoms with Crippen molar-refractivity contribution in [3.63, 3.8) is 0 Å². The van der Waals surface area contributed by atoms with Crippen molar-refractivity contribution in [2.45, 2.75) is 85.2 Å². The van der Waals surface area contributed by atoms with Gasteiger partial charge in [0.1, 0.15) is 0 Å². The van der Waals surface area contributed by atoms with E-state index in [1.807, 2.05) is 0 Å². The molecule has 1 heterocycles. The maximum atomic E-state index is 12.5. The van der Waals surface area contributed by atoms with Crippen LogP contribution >= 0.6 is 0 Å². The number of carbonyl (C=O) groups is 1. The first-order valence-electron chi connectivity index (χ1n) is 8.09. The van der Waals surface area contributed by atoms with E-state index in [-0.39, 0.29) is 17.0 Å². The number of nitrogens with two attached hydrogens (primary N) is 1. The molecule has 1 aliphatic rings. The Balaban J connectivity index is 2.94. The van der Waals surface area contributed by atoms with E-state index in [0.29, 0.717) is 12.3 Å². The summed E-state index contributed by atoms with van der Waals surface area (Å²) in [5.74, 6) is 1.04. The zero-order chi connectivity index (χ0) is 15.6. The maximum Gasteiger partial charge on any atom is 0.222 e. The van der Waals surface area contributed by atoms with E-state index in [4.69, 9.17) is 5.73 Å². The lowest BCUT2D eigenvalue weighted by Crippen LogP contribution is -2.53. The average Bonchev–Trinajstić information content (AvgIpc) is 2.22. The molecule has 0 aliphatic carbocycles. The number of rotatable bonds is 3. The van der Waals surface area contributed by atoms with E-state index in [2.05, 4.69) is 46.4 Å². The Hall–Kier alpha value is -0.570. The smallest absolute Gasteiger partial charge is 0.222 e. The van der Waals surface area contributed by atoms with Crippen LogP contribution in [-0.2, 0) is 4.79 Å². The van der Waals surface area contributed by atoms with Crippen molar-refractivity contribution in [1.82, 2.24) is 4.90 Å². The van der Waals surface area contributed by atoms with Gasteiger partial charge in [0.05, 0.1) is 0 Å². The Morgan fingerprint density at radius 1 is 1.25 bits per heavy atom. The summed E-state index contributed by atoms with van der Waals surface area (Å²) in [4.78, 5) is 14.7. The van der Waals surface area contributed by atoms with E-state index in [0.717, 1.165) is 31.7 Å². The third-order valence-electron chi connectivity index (χ3n) is 4.37. The maximum absolute atomic E-state index is 12.5. The van der Waals surface area contributed by atoms with Crippen LogP contribution in [0.25, 0.3) is 0 Å². The SMILES string of the molecule is CC1CCCC(=O)N(C(CC(C)(C)N)C(C)(C)C)CC1. The highest BCUT2D eigenvalue weighted by atomic mass is 16.2. The highest BCUT2D eigenvalue weighted by molar-refractivity contribution is 5.76. The standard InChI is InChI=1S/C17H34N2O/c1-13-8-7-9-15(20)19(11-10-13)14(16(2,3)4)12-17(5,6)18/h13-14H,7-12,18H2,1-6H3. The number of likely N-dealkylation sites (tertiary alicyclic amines) is 1. The number of nitrogens with zero attached hydrogens (tertiary/aromatic N) is 1. The summed E-state index contributed by atoms with van der Waals surface area (Å²) < 4.78 is 0. The topological polar surface area (TPSA) is 46.3 Å². The molecule has 1 aliphatic heterocycles. The molecule has 0 spiro atoms. The Kier molecular flexibility index (Phi) is 5.65. The molecule has 2 N–H and O–H groups in total. The number of amides is 1. The number of hydrogen-bond acceptors (Lipinski definition) is 2. The van der Waals surface area contributed by atoms with Crippen LogP contribution in [0.4, 0.5) is 0 Å². The van der Waals surface area contributed by atoms with Gasteiger partial charge in [-0.2, -0.15) is 0 Å². The summed E-state index contributed by atoms with van der Waals surface area (Å²) in [5, 5.41) is 0. The lowest BCUT2D eigenvalue weighted by atomic mass is 9.78. The van der Waals surface area contributed by atoms with Crippen molar-refractivity contribution in [2.75, 3.05) is 6.54 Å². The van der Waals surface area contributed by atoms with Crippen molar-refractivity contribution >= 4 is 5.91 Å². The minimum absolute atomic E-state index is 0.0642. The van der Waals surface area contributed by atoms with Crippen LogP contribution in [0.2, 0.25) is 0 Å². The second-order valence-electron chi connectivity index (χ2n) is 8.45. The second kappa shape index (κ2) is 6.46. The summed E-state index contributed by atoms with van der Waals surface area (Å²) in [6.07, 6.45) is 4.88. The van der Waals surface area contributed by atoms with Crippen LogP contribution in [0.15, 0.2) is 0 Å². The van der Waals surface area contributed by atoms with Crippen molar-refractivity contribution in [1.29, 1.82) is 0 Å². The van der Waals surface area contributed by atoms with Crippen molar-refractivity contribution < 1.29 is 4.79 Å². The van der Waals surface area contributed by atoms with E-state index in [9.17, 15) is 4.79 Å². The highest BCUT2D eigenvalue weighted by Crippen LogP contribution is 2.32. The first kappa shape index (κ1) is 17.5.